The zero-order chi connectivity index (χ0) is 13.8. The lowest BCUT2D eigenvalue weighted by Crippen LogP contribution is -2.03. The number of pyridine rings is 1. The van der Waals surface area contributed by atoms with Crippen LogP contribution in [0, 0.1) is 11.6 Å². The summed E-state index contributed by atoms with van der Waals surface area (Å²) in [6.07, 6.45) is 1.46. The lowest BCUT2D eigenvalue weighted by molar-refractivity contribution is 0.0695. The number of aromatic carboxylic acids is 1. The molecule has 3 nitrogen and oxygen atoms in total. The van der Waals surface area contributed by atoms with Gasteiger partial charge in [0, 0.05) is 16.8 Å². The topological polar surface area (TPSA) is 50.2 Å². The Morgan fingerprint density at radius 3 is 2.84 bits per heavy atom. The van der Waals surface area contributed by atoms with Gasteiger partial charge in [-0.05, 0) is 30.3 Å². The van der Waals surface area contributed by atoms with E-state index >= 15 is 0 Å². The van der Waals surface area contributed by atoms with E-state index in [4.69, 9.17) is 5.11 Å². The summed E-state index contributed by atoms with van der Waals surface area (Å²) in [6.45, 7) is 0. The number of benzene rings is 1. The van der Waals surface area contributed by atoms with Crippen LogP contribution in [0.15, 0.2) is 41.4 Å². The molecule has 0 saturated carbocycles. The molecule has 0 saturated heterocycles. The monoisotopic (exact) mass is 281 g/mol. The van der Waals surface area contributed by atoms with Gasteiger partial charge in [0.2, 0.25) is 0 Å². The number of rotatable bonds is 4. The highest BCUT2D eigenvalue weighted by molar-refractivity contribution is 7.98. The molecule has 0 fully saturated rings. The zero-order valence-corrected chi connectivity index (χ0v) is 10.5. The molecule has 2 rings (SSSR count). The van der Waals surface area contributed by atoms with Crippen molar-refractivity contribution in [3.05, 3.63) is 59.4 Å². The van der Waals surface area contributed by atoms with Crippen molar-refractivity contribution in [1.82, 2.24) is 4.98 Å². The van der Waals surface area contributed by atoms with Crippen molar-refractivity contribution >= 4 is 17.7 Å². The Hall–Kier alpha value is -1.95. The van der Waals surface area contributed by atoms with E-state index < -0.39 is 17.6 Å². The summed E-state index contributed by atoms with van der Waals surface area (Å²) in [5.74, 6) is -2.02. The van der Waals surface area contributed by atoms with Crippen LogP contribution in [-0.4, -0.2) is 16.1 Å². The average Bonchev–Trinajstić information content (AvgIpc) is 2.40. The summed E-state index contributed by atoms with van der Waals surface area (Å²) in [5.41, 5.74) is 0.385. The highest BCUT2D eigenvalue weighted by Crippen LogP contribution is 2.26. The van der Waals surface area contributed by atoms with Crippen LogP contribution in [0.3, 0.4) is 0 Å². The minimum atomic E-state index is -1.09. The van der Waals surface area contributed by atoms with Crippen LogP contribution < -0.4 is 0 Å². The summed E-state index contributed by atoms with van der Waals surface area (Å²) in [7, 11) is 0. The van der Waals surface area contributed by atoms with Gasteiger partial charge in [0.25, 0.3) is 0 Å². The van der Waals surface area contributed by atoms with Gasteiger partial charge in [-0.2, -0.15) is 0 Å². The molecule has 6 heteroatoms. The van der Waals surface area contributed by atoms with E-state index in [1.165, 1.54) is 18.3 Å². The quantitative estimate of drug-likeness (QED) is 0.873. The summed E-state index contributed by atoms with van der Waals surface area (Å²) >= 11 is 1.01. The van der Waals surface area contributed by atoms with E-state index in [1.807, 2.05) is 0 Å². The first-order valence-corrected chi connectivity index (χ1v) is 6.31. The molecule has 1 aromatic carbocycles. The molecule has 0 radical (unpaired) electrons. The lowest BCUT2D eigenvalue weighted by atomic mass is 10.2. The van der Waals surface area contributed by atoms with Gasteiger partial charge in [-0.15, -0.1) is 11.8 Å². The number of carboxylic acids is 1. The van der Waals surface area contributed by atoms with Gasteiger partial charge in [0.05, 0.1) is 11.3 Å². The molecule has 98 valence electrons. The van der Waals surface area contributed by atoms with Crippen LogP contribution in [0.1, 0.15) is 16.1 Å². The Morgan fingerprint density at radius 1 is 1.32 bits per heavy atom. The highest BCUT2D eigenvalue weighted by atomic mass is 32.2. The van der Waals surface area contributed by atoms with Gasteiger partial charge in [-0.25, -0.2) is 13.6 Å². The Labute approximate surface area is 112 Å². The molecule has 0 bridgehead atoms. The maximum atomic E-state index is 13.4. The smallest absolute Gasteiger partial charge is 0.337 e. The molecule has 1 heterocycles. The Balaban J connectivity index is 2.19. The molecule has 0 spiro atoms. The van der Waals surface area contributed by atoms with Crippen LogP contribution in [-0.2, 0) is 5.75 Å². The van der Waals surface area contributed by atoms with Gasteiger partial charge in [-0.1, -0.05) is 0 Å². The van der Waals surface area contributed by atoms with Gasteiger partial charge in [0.1, 0.15) is 11.6 Å². The van der Waals surface area contributed by atoms with E-state index in [2.05, 4.69) is 4.98 Å². The third kappa shape index (κ3) is 3.29. The van der Waals surface area contributed by atoms with Crippen LogP contribution >= 0.6 is 11.8 Å². The minimum Gasteiger partial charge on any atom is -0.478 e. The second kappa shape index (κ2) is 5.79. The number of nitrogens with zero attached hydrogens (tertiary/aromatic N) is 1. The van der Waals surface area contributed by atoms with Gasteiger partial charge >= 0.3 is 5.97 Å². The number of halogens is 2. The average molecular weight is 281 g/mol. The second-order valence-corrected chi connectivity index (χ2v) is 4.68. The van der Waals surface area contributed by atoms with Crippen LogP contribution in [0.25, 0.3) is 0 Å². The molecule has 0 amide bonds. The van der Waals surface area contributed by atoms with E-state index in [0.717, 1.165) is 30.0 Å². The summed E-state index contributed by atoms with van der Waals surface area (Å²) in [5, 5.41) is 8.98. The first-order chi connectivity index (χ1) is 9.08. The number of carboxylic acid groups (broad SMARTS) is 1. The van der Waals surface area contributed by atoms with Crippen molar-refractivity contribution in [3.63, 3.8) is 0 Å². The van der Waals surface area contributed by atoms with Gasteiger partial charge in [0.15, 0.2) is 0 Å². The third-order valence-corrected chi connectivity index (χ3v) is 3.42. The summed E-state index contributed by atoms with van der Waals surface area (Å²) in [6, 6.07) is 6.08. The van der Waals surface area contributed by atoms with Crippen molar-refractivity contribution in [2.45, 2.75) is 10.6 Å². The molecule has 0 aliphatic rings. The van der Waals surface area contributed by atoms with Crippen molar-refractivity contribution < 1.29 is 18.7 Å². The highest BCUT2D eigenvalue weighted by Gasteiger charge is 2.12. The SMILES string of the molecule is O=C(O)c1cccnc1CSc1cc(F)ccc1F. The standard InChI is InChI=1S/C13H9F2NO2S/c14-8-3-4-10(15)12(6-8)19-7-11-9(13(17)18)2-1-5-16-11/h1-6H,7H2,(H,17,18). The molecule has 1 N–H and O–H groups in total. The maximum Gasteiger partial charge on any atom is 0.337 e. The molecule has 0 atom stereocenters. The Bertz CT molecular complexity index is 619. The normalized spacial score (nSPS) is 10.4. The van der Waals surface area contributed by atoms with E-state index in [1.54, 1.807) is 0 Å². The third-order valence-electron chi connectivity index (χ3n) is 2.38. The zero-order valence-electron chi connectivity index (χ0n) is 9.64. The van der Waals surface area contributed by atoms with Crippen LogP contribution in [0.2, 0.25) is 0 Å². The Kier molecular flexibility index (Phi) is 4.11. The number of thioether (sulfide) groups is 1. The molecular weight excluding hydrogens is 272 g/mol. The summed E-state index contributed by atoms with van der Waals surface area (Å²) in [4.78, 5) is 15.0. The largest absolute Gasteiger partial charge is 0.478 e. The molecule has 0 unspecified atom stereocenters. The van der Waals surface area contributed by atoms with Crippen LogP contribution in [0.4, 0.5) is 8.78 Å². The fourth-order valence-corrected chi connectivity index (χ4v) is 2.41. The van der Waals surface area contributed by atoms with Crippen molar-refractivity contribution in [2.24, 2.45) is 0 Å². The first-order valence-electron chi connectivity index (χ1n) is 5.33. The van der Waals surface area contributed by atoms with E-state index in [0.29, 0.717) is 5.69 Å². The molecule has 0 aliphatic heterocycles. The first kappa shape index (κ1) is 13.5. The van der Waals surface area contributed by atoms with Crippen molar-refractivity contribution in [3.8, 4) is 0 Å². The van der Waals surface area contributed by atoms with Crippen LogP contribution in [0.5, 0.6) is 0 Å². The van der Waals surface area contributed by atoms with Crippen molar-refractivity contribution in [1.29, 1.82) is 0 Å². The predicted octanol–water partition coefficient (Wildman–Crippen LogP) is 3.35. The fraction of sp³-hybridized carbons (Fsp3) is 0.0769. The predicted molar refractivity (Wildman–Crippen MR) is 67.1 cm³/mol. The number of carbonyl (C=O) groups is 1. The lowest BCUT2D eigenvalue weighted by Gasteiger charge is -2.05. The van der Waals surface area contributed by atoms with Gasteiger partial charge < -0.3 is 5.11 Å². The molecule has 2 aromatic rings. The minimum absolute atomic E-state index is 0.0619. The number of aromatic nitrogens is 1. The van der Waals surface area contributed by atoms with E-state index in [9.17, 15) is 13.6 Å². The second-order valence-electron chi connectivity index (χ2n) is 3.67. The van der Waals surface area contributed by atoms with E-state index in [-0.39, 0.29) is 16.2 Å². The maximum absolute atomic E-state index is 13.4. The molecular formula is C13H9F2NO2S. The summed E-state index contributed by atoms with van der Waals surface area (Å²) < 4.78 is 26.4. The van der Waals surface area contributed by atoms with Crippen molar-refractivity contribution in [2.75, 3.05) is 0 Å². The fourth-order valence-electron chi connectivity index (χ4n) is 1.48. The molecule has 1 aromatic heterocycles. The number of hydrogen-bond donors (Lipinski definition) is 1. The number of hydrogen-bond acceptors (Lipinski definition) is 3. The Morgan fingerprint density at radius 2 is 2.11 bits per heavy atom. The molecule has 19 heavy (non-hydrogen) atoms. The van der Waals surface area contributed by atoms with Gasteiger partial charge in [-0.3, -0.25) is 4.98 Å². The molecule has 0 aliphatic carbocycles.